The lowest BCUT2D eigenvalue weighted by Gasteiger charge is -2.11. The second-order valence-corrected chi connectivity index (χ2v) is 3.84. The second kappa shape index (κ2) is 5.43. The largest absolute Gasteiger partial charge is 0.573 e. The minimum atomic E-state index is -4.68. The van der Waals surface area contributed by atoms with E-state index in [1.807, 2.05) is 6.92 Å². The van der Waals surface area contributed by atoms with E-state index in [0.29, 0.717) is 16.8 Å². The highest BCUT2D eigenvalue weighted by Gasteiger charge is 2.31. The van der Waals surface area contributed by atoms with E-state index in [0.717, 1.165) is 6.42 Å². The zero-order valence-corrected chi connectivity index (χ0v) is 10.1. The van der Waals surface area contributed by atoms with Crippen LogP contribution in [-0.4, -0.2) is 13.0 Å². The molecule has 0 N–H and O–H groups in total. The molecule has 0 bridgehead atoms. The Hall–Kier alpha value is -0.910. The maximum Gasteiger partial charge on any atom is 0.573 e. The first kappa shape index (κ1) is 13.2. The lowest BCUT2D eigenvalue weighted by Crippen LogP contribution is -2.17. The van der Waals surface area contributed by atoms with Gasteiger partial charge in [-0.25, -0.2) is 0 Å². The van der Waals surface area contributed by atoms with Crippen molar-refractivity contribution in [1.82, 2.24) is 0 Å². The van der Waals surface area contributed by atoms with Crippen LogP contribution in [0.4, 0.5) is 13.2 Å². The smallest absolute Gasteiger partial charge is 0.492 e. The molecule has 0 amide bonds. The summed E-state index contributed by atoms with van der Waals surface area (Å²) in [5, 5.41) is 0. The average molecular weight is 299 g/mol. The van der Waals surface area contributed by atoms with E-state index in [-0.39, 0.29) is 5.75 Å². The highest BCUT2D eigenvalue weighted by atomic mass is 79.9. The molecule has 2 nitrogen and oxygen atoms in total. The summed E-state index contributed by atoms with van der Waals surface area (Å²) in [5.41, 5.74) is 0. The molecule has 0 heterocycles. The van der Waals surface area contributed by atoms with Crippen LogP contribution in [-0.2, 0) is 0 Å². The molecule has 0 aliphatic rings. The minimum Gasteiger partial charge on any atom is -0.492 e. The molecular weight excluding hydrogens is 289 g/mol. The summed E-state index contributed by atoms with van der Waals surface area (Å²) in [5.74, 6) is 0.222. The number of halogens is 4. The van der Waals surface area contributed by atoms with Crippen molar-refractivity contribution in [3.8, 4) is 11.5 Å². The summed E-state index contributed by atoms with van der Waals surface area (Å²) in [6.45, 7) is 2.45. The Morgan fingerprint density at radius 2 is 2.00 bits per heavy atom. The van der Waals surface area contributed by atoms with Crippen molar-refractivity contribution in [2.75, 3.05) is 6.61 Å². The molecule has 0 saturated heterocycles. The third kappa shape index (κ3) is 4.30. The monoisotopic (exact) mass is 298 g/mol. The maximum absolute atomic E-state index is 11.9. The van der Waals surface area contributed by atoms with Gasteiger partial charge in [0, 0.05) is 0 Å². The van der Waals surface area contributed by atoms with Crippen LogP contribution < -0.4 is 9.47 Å². The second-order valence-electron chi connectivity index (χ2n) is 2.99. The molecule has 1 rings (SSSR count). The van der Waals surface area contributed by atoms with Crippen molar-refractivity contribution in [3.63, 3.8) is 0 Å². The standard InChI is InChI=1S/C10H10BrF3O2/c1-2-5-15-9-4-3-7(6-8(9)11)16-10(12,13)14/h3-4,6H,2,5H2,1H3. The number of ether oxygens (including phenoxy) is 2. The summed E-state index contributed by atoms with van der Waals surface area (Å²) in [6.07, 6.45) is -3.85. The van der Waals surface area contributed by atoms with E-state index in [2.05, 4.69) is 20.7 Å². The third-order valence-electron chi connectivity index (χ3n) is 1.60. The predicted molar refractivity (Wildman–Crippen MR) is 56.6 cm³/mol. The van der Waals surface area contributed by atoms with Crippen LogP contribution in [0.15, 0.2) is 22.7 Å². The quantitative estimate of drug-likeness (QED) is 0.832. The van der Waals surface area contributed by atoms with Gasteiger partial charge in [0.05, 0.1) is 11.1 Å². The van der Waals surface area contributed by atoms with Gasteiger partial charge in [0.15, 0.2) is 0 Å². The predicted octanol–water partition coefficient (Wildman–Crippen LogP) is 4.14. The van der Waals surface area contributed by atoms with Gasteiger partial charge >= 0.3 is 6.36 Å². The fraction of sp³-hybridized carbons (Fsp3) is 0.400. The Balaban J connectivity index is 2.74. The number of rotatable bonds is 4. The zero-order chi connectivity index (χ0) is 12.2. The molecule has 90 valence electrons. The summed E-state index contributed by atoms with van der Waals surface area (Å²) >= 11 is 3.11. The number of hydrogen-bond acceptors (Lipinski definition) is 2. The molecule has 0 saturated carbocycles. The van der Waals surface area contributed by atoms with Crippen molar-refractivity contribution in [1.29, 1.82) is 0 Å². The van der Waals surface area contributed by atoms with Crippen LogP contribution in [0.3, 0.4) is 0 Å². The highest BCUT2D eigenvalue weighted by Crippen LogP contribution is 2.31. The first-order chi connectivity index (χ1) is 7.42. The van der Waals surface area contributed by atoms with Gasteiger partial charge in [-0.15, -0.1) is 13.2 Å². The van der Waals surface area contributed by atoms with E-state index >= 15 is 0 Å². The highest BCUT2D eigenvalue weighted by molar-refractivity contribution is 9.10. The molecule has 0 aromatic heterocycles. The van der Waals surface area contributed by atoms with E-state index in [1.54, 1.807) is 0 Å². The molecule has 0 aliphatic carbocycles. The molecule has 1 aromatic carbocycles. The maximum atomic E-state index is 11.9. The first-order valence-corrected chi connectivity index (χ1v) is 5.40. The van der Waals surface area contributed by atoms with Crippen molar-refractivity contribution in [2.45, 2.75) is 19.7 Å². The van der Waals surface area contributed by atoms with Gasteiger partial charge < -0.3 is 9.47 Å². The normalized spacial score (nSPS) is 11.3. The molecule has 0 spiro atoms. The van der Waals surface area contributed by atoms with Crippen LogP contribution in [0.1, 0.15) is 13.3 Å². The van der Waals surface area contributed by atoms with Gasteiger partial charge in [-0.05, 0) is 40.5 Å². The van der Waals surface area contributed by atoms with Crippen molar-refractivity contribution in [3.05, 3.63) is 22.7 Å². The topological polar surface area (TPSA) is 18.5 Å². The Morgan fingerprint density at radius 3 is 2.50 bits per heavy atom. The lowest BCUT2D eigenvalue weighted by atomic mass is 10.3. The Morgan fingerprint density at radius 1 is 1.31 bits per heavy atom. The van der Waals surface area contributed by atoms with Gasteiger partial charge in [0.1, 0.15) is 11.5 Å². The molecular formula is C10H10BrF3O2. The summed E-state index contributed by atoms with van der Waals surface area (Å²) in [4.78, 5) is 0. The van der Waals surface area contributed by atoms with Crippen LogP contribution >= 0.6 is 15.9 Å². The van der Waals surface area contributed by atoms with E-state index in [9.17, 15) is 13.2 Å². The molecule has 1 aromatic rings. The molecule has 0 aliphatic heterocycles. The molecule has 6 heteroatoms. The summed E-state index contributed by atoms with van der Waals surface area (Å²) in [6, 6.07) is 3.86. The molecule has 0 fully saturated rings. The van der Waals surface area contributed by atoms with E-state index in [1.165, 1.54) is 18.2 Å². The van der Waals surface area contributed by atoms with Gasteiger partial charge in [-0.2, -0.15) is 0 Å². The van der Waals surface area contributed by atoms with Gasteiger partial charge in [-0.3, -0.25) is 0 Å². The lowest BCUT2D eigenvalue weighted by molar-refractivity contribution is -0.274. The molecule has 0 unspecified atom stereocenters. The number of alkyl halides is 3. The minimum absolute atomic E-state index is 0.275. The molecule has 16 heavy (non-hydrogen) atoms. The zero-order valence-electron chi connectivity index (χ0n) is 8.47. The first-order valence-electron chi connectivity index (χ1n) is 4.60. The molecule has 0 atom stereocenters. The Kier molecular flexibility index (Phi) is 4.46. The van der Waals surface area contributed by atoms with Crippen molar-refractivity contribution in [2.24, 2.45) is 0 Å². The van der Waals surface area contributed by atoms with Crippen molar-refractivity contribution < 1.29 is 22.6 Å². The molecule has 0 radical (unpaired) electrons. The van der Waals surface area contributed by atoms with E-state index in [4.69, 9.17) is 4.74 Å². The van der Waals surface area contributed by atoms with Gasteiger partial charge in [-0.1, -0.05) is 6.92 Å². The van der Waals surface area contributed by atoms with Crippen molar-refractivity contribution >= 4 is 15.9 Å². The number of hydrogen-bond donors (Lipinski definition) is 0. The summed E-state index contributed by atoms with van der Waals surface area (Å²) < 4.78 is 45.2. The van der Waals surface area contributed by atoms with Crippen LogP contribution in [0, 0.1) is 0 Å². The van der Waals surface area contributed by atoms with Crippen LogP contribution in [0.25, 0.3) is 0 Å². The van der Waals surface area contributed by atoms with E-state index < -0.39 is 6.36 Å². The van der Waals surface area contributed by atoms with Crippen LogP contribution in [0.2, 0.25) is 0 Å². The summed E-state index contributed by atoms with van der Waals surface area (Å²) in [7, 11) is 0. The van der Waals surface area contributed by atoms with Gasteiger partial charge in [0.25, 0.3) is 0 Å². The third-order valence-corrected chi connectivity index (χ3v) is 2.22. The van der Waals surface area contributed by atoms with Crippen LogP contribution in [0.5, 0.6) is 11.5 Å². The number of benzene rings is 1. The average Bonchev–Trinajstić information content (AvgIpc) is 2.14. The fourth-order valence-corrected chi connectivity index (χ4v) is 1.48. The SMILES string of the molecule is CCCOc1ccc(OC(F)(F)F)cc1Br. The van der Waals surface area contributed by atoms with Gasteiger partial charge in [0.2, 0.25) is 0 Å². The Bertz CT molecular complexity index is 352. The fourth-order valence-electron chi connectivity index (χ4n) is 1.01. The Labute approximate surface area is 99.5 Å².